The normalized spacial score (nSPS) is 14.3. The molecule has 2 saturated heterocycles. The molecule has 0 radical (unpaired) electrons. The molecule has 0 spiro atoms. The van der Waals surface area contributed by atoms with Gasteiger partial charge in [-0.3, -0.25) is 34.4 Å². The van der Waals surface area contributed by atoms with Gasteiger partial charge in [0.2, 0.25) is 5.95 Å². The Labute approximate surface area is 339 Å². The van der Waals surface area contributed by atoms with Crippen LogP contribution < -0.4 is 19.7 Å². The lowest BCUT2D eigenvalue weighted by Gasteiger charge is -2.39. The smallest absolute Gasteiger partial charge is 0.339 e. The van der Waals surface area contributed by atoms with E-state index in [1.165, 1.54) is 0 Å². The third-order valence-corrected chi connectivity index (χ3v) is 11.0. The third-order valence-electron chi connectivity index (χ3n) is 11.0. The van der Waals surface area contributed by atoms with Gasteiger partial charge in [-0.15, -0.1) is 0 Å². The second-order valence-electron chi connectivity index (χ2n) is 15.0. The third kappa shape index (κ3) is 7.07. The molecule has 4 aromatic heterocycles. The molecule has 0 aliphatic carbocycles. The summed E-state index contributed by atoms with van der Waals surface area (Å²) < 4.78 is 1.91. The first kappa shape index (κ1) is 35.8. The number of hydrogen-bond donors (Lipinski definition) is 1. The molecule has 288 valence electrons. The minimum absolute atomic E-state index is 0.000649. The summed E-state index contributed by atoms with van der Waals surface area (Å²) in [5.74, 6) is 1.45. The zero-order valence-corrected chi connectivity index (χ0v) is 32.2. The molecule has 6 heterocycles. The van der Waals surface area contributed by atoms with E-state index >= 15 is 0 Å². The number of rotatable bonds is 10. The largest absolute Gasteiger partial charge is 0.395 e. The van der Waals surface area contributed by atoms with Crippen molar-refractivity contribution in [3.05, 3.63) is 151 Å². The quantitative estimate of drug-likeness (QED) is 0.121. The minimum atomic E-state index is -0.187. The maximum absolute atomic E-state index is 13.8. The van der Waals surface area contributed by atoms with Crippen molar-refractivity contribution in [3.63, 3.8) is 0 Å². The molecule has 59 heavy (non-hydrogen) atoms. The van der Waals surface area contributed by atoms with E-state index in [1.54, 1.807) is 31.7 Å². The molecule has 2 aliphatic heterocycles. The van der Waals surface area contributed by atoms with Gasteiger partial charge in [-0.2, -0.15) is 0 Å². The molecule has 0 atom stereocenters. The van der Waals surface area contributed by atoms with Crippen LogP contribution >= 0.6 is 0 Å². The van der Waals surface area contributed by atoms with E-state index in [2.05, 4.69) is 25.1 Å². The average Bonchev–Trinajstić information content (AvgIpc) is 3.23. The van der Waals surface area contributed by atoms with Crippen molar-refractivity contribution in [2.24, 2.45) is 0 Å². The molecule has 0 saturated carbocycles. The molecule has 4 aromatic carbocycles. The van der Waals surface area contributed by atoms with Crippen molar-refractivity contribution in [2.45, 2.75) is 25.3 Å². The lowest BCUT2D eigenvalue weighted by Crippen LogP contribution is -2.54. The van der Waals surface area contributed by atoms with Gasteiger partial charge in [0.15, 0.2) is 17.8 Å². The van der Waals surface area contributed by atoms with Crippen LogP contribution in [-0.2, 0) is 11.3 Å². The number of para-hydroxylation sites is 2. The monoisotopic (exact) mass is 776 g/mol. The Morgan fingerprint density at radius 2 is 1.27 bits per heavy atom. The summed E-state index contributed by atoms with van der Waals surface area (Å²) in [6.45, 7) is 4.35. The van der Waals surface area contributed by atoms with Gasteiger partial charge in [-0.25, -0.2) is 14.5 Å². The number of nitrogens with zero attached hydrogens (tertiary/aromatic N) is 10. The Balaban J connectivity index is 0.852. The lowest BCUT2D eigenvalue weighted by atomic mass is 9.92. The summed E-state index contributed by atoms with van der Waals surface area (Å²) in [5.41, 5.74) is 8.11. The van der Waals surface area contributed by atoms with Crippen LogP contribution in [-0.4, -0.2) is 72.8 Å². The number of hydrogen-bond acceptors (Lipinski definition) is 11. The van der Waals surface area contributed by atoms with Crippen molar-refractivity contribution >= 4 is 51.1 Å². The van der Waals surface area contributed by atoms with Gasteiger partial charge >= 0.3 is 5.95 Å². The molecule has 0 bridgehead atoms. The maximum atomic E-state index is 13.8. The molecule has 2 aliphatic rings. The summed E-state index contributed by atoms with van der Waals surface area (Å²) in [6.07, 6.45) is 10.7. The SMILES string of the molecule is CC(=O)c1cccc(-c2nccnc2C2CN(c3nc4ccccc4c[n+]3CC(=O)Nc3cccc(-c4nccnc4C4CN(c5ncc6ccccc6n5)C4)c3)C2)c1. The molecule has 2 fully saturated rings. The molecule has 1 amide bonds. The number of ketones is 1. The van der Waals surface area contributed by atoms with Crippen LogP contribution in [0.5, 0.6) is 0 Å². The Bertz CT molecular complexity index is 2910. The van der Waals surface area contributed by atoms with Crippen LogP contribution in [0.4, 0.5) is 17.6 Å². The highest BCUT2D eigenvalue weighted by atomic mass is 16.2. The number of anilines is 3. The van der Waals surface area contributed by atoms with Gasteiger partial charge in [0.1, 0.15) is 0 Å². The Kier molecular flexibility index (Phi) is 9.16. The Hall–Kier alpha value is -7.54. The highest BCUT2D eigenvalue weighted by Crippen LogP contribution is 2.36. The van der Waals surface area contributed by atoms with Gasteiger partial charge in [-0.1, -0.05) is 65.6 Å². The first-order valence-electron chi connectivity index (χ1n) is 19.6. The molecule has 10 rings (SSSR count). The van der Waals surface area contributed by atoms with Gasteiger partial charge < -0.3 is 10.2 Å². The van der Waals surface area contributed by atoms with Crippen molar-refractivity contribution in [1.29, 1.82) is 0 Å². The van der Waals surface area contributed by atoms with E-state index in [0.717, 1.165) is 68.8 Å². The highest BCUT2D eigenvalue weighted by molar-refractivity contribution is 5.95. The van der Waals surface area contributed by atoms with E-state index in [1.807, 2.05) is 114 Å². The number of carbonyl (C=O) groups excluding carboxylic acids is 2. The van der Waals surface area contributed by atoms with E-state index in [9.17, 15) is 9.59 Å². The first-order valence-corrected chi connectivity index (χ1v) is 19.6. The van der Waals surface area contributed by atoms with E-state index in [-0.39, 0.29) is 30.1 Å². The number of benzene rings is 4. The predicted octanol–water partition coefficient (Wildman–Crippen LogP) is 6.43. The summed E-state index contributed by atoms with van der Waals surface area (Å²) in [5, 5.41) is 5.07. The van der Waals surface area contributed by atoms with Crippen molar-refractivity contribution in [2.75, 3.05) is 41.3 Å². The van der Waals surface area contributed by atoms with Gasteiger partial charge in [0.05, 0.1) is 53.5 Å². The van der Waals surface area contributed by atoms with Crippen molar-refractivity contribution in [3.8, 4) is 22.5 Å². The molecule has 1 N–H and O–H groups in total. The fraction of sp³-hybridized carbons (Fsp3) is 0.174. The number of nitrogens with one attached hydrogen (secondary N) is 1. The van der Waals surface area contributed by atoms with Crippen LogP contribution in [0.3, 0.4) is 0 Å². The zero-order valence-electron chi connectivity index (χ0n) is 32.2. The molecule has 13 heteroatoms. The predicted molar refractivity (Wildman–Crippen MR) is 225 cm³/mol. The summed E-state index contributed by atoms with van der Waals surface area (Å²) in [4.78, 5) is 63.6. The van der Waals surface area contributed by atoms with Crippen molar-refractivity contribution in [1.82, 2.24) is 34.9 Å². The first-order chi connectivity index (χ1) is 28.9. The summed E-state index contributed by atoms with van der Waals surface area (Å²) in [6, 6.07) is 31.2. The lowest BCUT2D eigenvalue weighted by molar-refractivity contribution is -0.673. The molecule has 8 aromatic rings. The zero-order chi connectivity index (χ0) is 39.9. The Morgan fingerprint density at radius 3 is 1.98 bits per heavy atom. The van der Waals surface area contributed by atoms with Crippen LogP contribution in [0, 0.1) is 0 Å². The molecular weight excluding hydrogens is 739 g/mol. The van der Waals surface area contributed by atoms with Gasteiger partial charge in [-0.05, 0) is 43.3 Å². The van der Waals surface area contributed by atoms with E-state index in [4.69, 9.17) is 24.9 Å². The fourth-order valence-electron chi connectivity index (χ4n) is 7.93. The van der Waals surface area contributed by atoms with Crippen LogP contribution in [0.2, 0.25) is 0 Å². The second kappa shape index (κ2) is 15.1. The Morgan fingerprint density at radius 1 is 0.661 bits per heavy atom. The number of carbonyl (C=O) groups is 2. The fourth-order valence-corrected chi connectivity index (χ4v) is 7.93. The van der Waals surface area contributed by atoms with Crippen molar-refractivity contribution < 1.29 is 14.2 Å². The molecular formula is C46H38N11O2+. The second-order valence-corrected chi connectivity index (χ2v) is 15.0. The summed E-state index contributed by atoms with van der Waals surface area (Å²) >= 11 is 0. The minimum Gasteiger partial charge on any atom is -0.339 e. The maximum Gasteiger partial charge on any atom is 0.395 e. The van der Waals surface area contributed by atoms with Gasteiger partial charge in [0, 0.05) is 83.1 Å². The number of Topliss-reactive ketones (excluding diaryl/α,β-unsaturated/α-hetero) is 1. The standard InChI is InChI=1S/C46H37N11O2/c1-29(58)30-10-6-11-31(20-30)41-44(50-18-16-47-41)36-26-56(27-36)46-54-39-15-5-3-9-34(39)23-57(46)28-40(59)52-37-13-7-12-32(21-37)42-43(49-19-17-48-42)35-24-55(25-35)45-51-22-33-8-2-4-14-38(33)53-45/h2-23,35-36H,24-28H2,1H3/p+1. The van der Waals surface area contributed by atoms with Crippen LogP contribution in [0.15, 0.2) is 134 Å². The van der Waals surface area contributed by atoms with Crippen LogP contribution in [0.1, 0.15) is 40.5 Å². The van der Waals surface area contributed by atoms with E-state index < -0.39 is 0 Å². The number of fused-ring (bicyclic) bond motifs is 2. The molecule has 0 unspecified atom stereocenters. The number of amides is 1. The van der Waals surface area contributed by atoms with Gasteiger partial charge in [0.25, 0.3) is 5.91 Å². The molecule has 13 nitrogen and oxygen atoms in total. The topological polar surface area (TPSA) is 147 Å². The highest BCUT2D eigenvalue weighted by Gasteiger charge is 2.40. The summed E-state index contributed by atoms with van der Waals surface area (Å²) in [7, 11) is 0. The number of aromatic nitrogens is 8. The van der Waals surface area contributed by atoms with E-state index in [0.29, 0.717) is 36.2 Å². The average molecular weight is 777 g/mol. The van der Waals surface area contributed by atoms with Crippen LogP contribution in [0.25, 0.3) is 44.3 Å².